The fourth-order valence-electron chi connectivity index (χ4n) is 5.00. The monoisotopic (exact) mass is 582 g/mol. The second-order valence-electron chi connectivity index (χ2n) is 10.0. The zero-order valence-electron chi connectivity index (χ0n) is 23.1. The minimum atomic E-state index is -3.54. The molecule has 6 rings (SSSR count). The van der Waals surface area contributed by atoms with Gasteiger partial charge in [0.15, 0.2) is 11.3 Å². The first-order chi connectivity index (χ1) is 20.4. The molecule has 0 atom stereocenters. The third-order valence-corrected chi connectivity index (χ3v) is 9.03. The minimum Gasteiger partial charge on any atom is -0.489 e. The van der Waals surface area contributed by atoms with Crippen molar-refractivity contribution in [3.05, 3.63) is 118 Å². The fourth-order valence-corrected chi connectivity index (χ4v) is 6.55. The average molecular weight is 583 g/mol. The maximum absolute atomic E-state index is 14.1. The van der Waals surface area contributed by atoms with Gasteiger partial charge in [0.25, 0.3) is 0 Å². The maximum Gasteiger partial charge on any atom is 0.235 e. The first-order valence-corrected chi connectivity index (χ1v) is 15.3. The SMILES string of the molecule is CNc1cc(N2CCCS2(=O)=O)c2oc(-c3ccc(OCc4ccccc4)cc3)c(OCc3ccccc3)c(=O)c2c1. The second kappa shape index (κ2) is 11.6. The van der Waals surface area contributed by atoms with Crippen LogP contribution in [0, 0.1) is 0 Å². The van der Waals surface area contributed by atoms with Gasteiger partial charge >= 0.3 is 0 Å². The Balaban J connectivity index is 1.46. The van der Waals surface area contributed by atoms with Crippen LogP contribution in [0.1, 0.15) is 17.5 Å². The summed E-state index contributed by atoms with van der Waals surface area (Å²) in [7, 11) is -1.83. The van der Waals surface area contributed by atoms with E-state index in [1.54, 1.807) is 43.4 Å². The predicted molar refractivity (Wildman–Crippen MR) is 165 cm³/mol. The first-order valence-electron chi connectivity index (χ1n) is 13.7. The number of benzene rings is 4. The molecular formula is C33H30N2O6S. The molecule has 8 nitrogen and oxygen atoms in total. The summed E-state index contributed by atoms with van der Waals surface area (Å²) >= 11 is 0. The van der Waals surface area contributed by atoms with Crippen molar-refractivity contribution in [1.82, 2.24) is 0 Å². The van der Waals surface area contributed by atoms with Crippen LogP contribution in [0.15, 0.2) is 106 Å². The Morgan fingerprint density at radius 2 is 1.50 bits per heavy atom. The second-order valence-corrected chi connectivity index (χ2v) is 12.0. The average Bonchev–Trinajstić information content (AvgIpc) is 3.38. The number of sulfonamides is 1. The van der Waals surface area contributed by atoms with Crippen LogP contribution in [0.5, 0.6) is 11.5 Å². The summed E-state index contributed by atoms with van der Waals surface area (Å²) in [5.74, 6) is 0.957. The van der Waals surface area contributed by atoms with Gasteiger partial charge in [0.2, 0.25) is 21.2 Å². The quantitative estimate of drug-likeness (QED) is 0.221. The van der Waals surface area contributed by atoms with E-state index in [0.717, 1.165) is 11.1 Å². The Morgan fingerprint density at radius 3 is 2.10 bits per heavy atom. The number of nitrogens with zero attached hydrogens (tertiary/aromatic N) is 1. The van der Waals surface area contributed by atoms with Gasteiger partial charge in [0, 0.05) is 24.8 Å². The standard InChI is InChI=1S/C33H30N2O6S/c1-34-26-19-28-30(36)33(40-22-24-11-6-3-7-12-24)31(41-32(28)29(20-26)35-17-8-18-42(35,37)38)25-13-15-27(16-14-25)39-21-23-9-4-2-5-10-23/h2-7,9-16,19-20,34H,8,17-18,21-22H2,1H3. The van der Waals surface area contributed by atoms with Crippen LogP contribution < -0.4 is 24.5 Å². The third-order valence-electron chi connectivity index (χ3n) is 7.18. The summed E-state index contributed by atoms with van der Waals surface area (Å²) in [4.78, 5) is 14.1. The van der Waals surface area contributed by atoms with E-state index in [9.17, 15) is 13.2 Å². The predicted octanol–water partition coefficient (Wildman–Crippen LogP) is 6.20. The lowest BCUT2D eigenvalue weighted by Crippen LogP contribution is -2.26. The van der Waals surface area contributed by atoms with Gasteiger partial charge in [0.05, 0.1) is 16.8 Å². The van der Waals surface area contributed by atoms with E-state index < -0.39 is 10.0 Å². The molecule has 0 amide bonds. The number of rotatable bonds is 9. The molecule has 0 bridgehead atoms. The van der Waals surface area contributed by atoms with Crippen molar-refractivity contribution in [1.29, 1.82) is 0 Å². The molecule has 0 aliphatic carbocycles. The minimum absolute atomic E-state index is 0.0398. The van der Waals surface area contributed by atoms with Crippen molar-refractivity contribution in [2.75, 3.05) is 29.0 Å². The highest BCUT2D eigenvalue weighted by Gasteiger charge is 2.32. The van der Waals surface area contributed by atoms with Crippen molar-refractivity contribution >= 4 is 32.4 Å². The van der Waals surface area contributed by atoms with Gasteiger partial charge in [-0.1, -0.05) is 60.7 Å². The molecule has 9 heteroatoms. The molecule has 0 saturated carbocycles. The lowest BCUT2D eigenvalue weighted by atomic mass is 10.1. The largest absolute Gasteiger partial charge is 0.489 e. The van der Waals surface area contributed by atoms with E-state index in [0.29, 0.717) is 42.3 Å². The Morgan fingerprint density at radius 1 is 0.857 bits per heavy atom. The molecular weight excluding hydrogens is 552 g/mol. The van der Waals surface area contributed by atoms with E-state index >= 15 is 0 Å². The Bertz CT molecular complexity index is 1870. The molecule has 1 fully saturated rings. The van der Waals surface area contributed by atoms with Crippen LogP contribution in [0.3, 0.4) is 0 Å². The van der Waals surface area contributed by atoms with Gasteiger partial charge in [-0.3, -0.25) is 9.10 Å². The van der Waals surface area contributed by atoms with Crippen molar-refractivity contribution in [2.24, 2.45) is 0 Å². The molecule has 1 saturated heterocycles. The highest BCUT2D eigenvalue weighted by atomic mass is 32.2. The molecule has 1 aliphatic rings. The lowest BCUT2D eigenvalue weighted by Gasteiger charge is -2.20. The van der Waals surface area contributed by atoms with E-state index in [2.05, 4.69) is 5.32 Å². The zero-order valence-corrected chi connectivity index (χ0v) is 23.9. The number of ether oxygens (including phenoxy) is 2. The molecule has 214 valence electrons. The van der Waals surface area contributed by atoms with E-state index in [-0.39, 0.29) is 40.3 Å². The number of fused-ring (bicyclic) bond motifs is 1. The highest BCUT2D eigenvalue weighted by molar-refractivity contribution is 7.93. The molecule has 0 unspecified atom stereocenters. The van der Waals surface area contributed by atoms with Crippen LogP contribution >= 0.6 is 0 Å². The Labute approximate surface area is 244 Å². The fraction of sp³-hybridized carbons (Fsp3) is 0.182. The summed E-state index contributed by atoms with van der Waals surface area (Å²) in [5, 5.41) is 3.26. The number of hydrogen-bond donors (Lipinski definition) is 1. The van der Waals surface area contributed by atoms with Gasteiger partial charge in [-0.05, 0) is 53.9 Å². The van der Waals surface area contributed by atoms with Gasteiger partial charge in [-0.25, -0.2) is 8.42 Å². The summed E-state index contributed by atoms with van der Waals surface area (Å²) < 4.78 is 45.7. The number of nitrogens with one attached hydrogen (secondary N) is 1. The Kier molecular flexibility index (Phi) is 7.58. The van der Waals surface area contributed by atoms with Crippen molar-refractivity contribution < 1.29 is 22.3 Å². The zero-order chi connectivity index (χ0) is 29.1. The van der Waals surface area contributed by atoms with Crippen molar-refractivity contribution in [3.63, 3.8) is 0 Å². The van der Waals surface area contributed by atoms with Crippen molar-refractivity contribution in [2.45, 2.75) is 19.6 Å². The molecule has 1 N–H and O–H groups in total. The van der Waals surface area contributed by atoms with E-state index in [4.69, 9.17) is 13.9 Å². The molecule has 0 radical (unpaired) electrons. The molecule has 4 aromatic carbocycles. The molecule has 5 aromatic rings. The normalized spacial score (nSPS) is 14.2. The maximum atomic E-state index is 14.1. The van der Waals surface area contributed by atoms with Crippen LogP contribution in [-0.2, 0) is 23.2 Å². The van der Waals surface area contributed by atoms with Crippen LogP contribution in [0.25, 0.3) is 22.3 Å². The molecule has 0 spiro atoms. The molecule has 2 heterocycles. The first kappa shape index (κ1) is 27.4. The summed E-state index contributed by atoms with van der Waals surface area (Å²) in [5.41, 5.74) is 3.25. The summed E-state index contributed by atoms with van der Waals surface area (Å²) in [6, 6.07) is 30.0. The lowest BCUT2D eigenvalue weighted by molar-refractivity contribution is 0.297. The van der Waals surface area contributed by atoms with Crippen LogP contribution in [0.4, 0.5) is 11.4 Å². The summed E-state index contributed by atoms with van der Waals surface area (Å²) in [6.07, 6.45) is 0.493. The number of hydrogen-bond acceptors (Lipinski definition) is 7. The smallest absolute Gasteiger partial charge is 0.235 e. The number of anilines is 2. The highest BCUT2D eigenvalue weighted by Crippen LogP contribution is 2.39. The topological polar surface area (TPSA) is 98.1 Å². The molecule has 42 heavy (non-hydrogen) atoms. The summed E-state index contributed by atoms with van der Waals surface area (Å²) in [6.45, 7) is 0.878. The van der Waals surface area contributed by atoms with Gasteiger partial charge < -0.3 is 19.2 Å². The van der Waals surface area contributed by atoms with Crippen LogP contribution in [-0.4, -0.2) is 27.8 Å². The van der Waals surface area contributed by atoms with Gasteiger partial charge in [-0.2, -0.15) is 0 Å². The Hall–Kier alpha value is -4.76. The molecule has 1 aliphatic heterocycles. The van der Waals surface area contributed by atoms with Crippen molar-refractivity contribution in [3.8, 4) is 22.8 Å². The van der Waals surface area contributed by atoms with Crippen LogP contribution in [0.2, 0.25) is 0 Å². The molecule has 1 aromatic heterocycles. The van der Waals surface area contributed by atoms with Gasteiger partial charge in [0.1, 0.15) is 19.0 Å². The third kappa shape index (κ3) is 5.56. The van der Waals surface area contributed by atoms with E-state index in [1.165, 1.54) is 4.31 Å². The van der Waals surface area contributed by atoms with E-state index in [1.807, 2.05) is 60.7 Å². The van der Waals surface area contributed by atoms with Gasteiger partial charge in [-0.15, -0.1) is 0 Å².